The number of esters is 1. The van der Waals surface area contributed by atoms with Gasteiger partial charge in [-0.05, 0) is 18.2 Å². The van der Waals surface area contributed by atoms with Gasteiger partial charge in [0.15, 0.2) is 17.2 Å². The summed E-state index contributed by atoms with van der Waals surface area (Å²) in [6.45, 7) is 0. The number of ether oxygens (including phenoxy) is 1. The highest BCUT2D eigenvalue weighted by Gasteiger charge is 2.35. The number of aromatic hydroxyl groups is 3. The van der Waals surface area contributed by atoms with E-state index in [4.69, 9.17) is 9.84 Å². The number of carbonyl (C=O) groups is 2. The molecule has 0 aromatic heterocycles. The normalized spacial score (nSPS) is 23.9. The Hall–Kier alpha value is -2.78. The third kappa shape index (κ3) is 3.35. The number of aliphatic carboxylic acids is 1. The monoisotopic (exact) mass is 326 g/mol. The Balaban J connectivity index is 2.25. The number of carboxylic acids is 1. The highest BCUT2D eigenvalue weighted by Crippen LogP contribution is 2.35. The van der Waals surface area contributed by atoms with Crippen molar-refractivity contribution in [1.29, 1.82) is 0 Å². The number of phenolic OH excluding ortho intramolecular Hbond substituents is 3. The summed E-state index contributed by atoms with van der Waals surface area (Å²) in [4.78, 5) is 22.9. The molecule has 9 nitrogen and oxygen atoms in total. The van der Waals surface area contributed by atoms with Crippen LogP contribution in [0.2, 0.25) is 0 Å². The van der Waals surface area contributed by atoms with Crippen LogP contribution < -0.4 is 0 Å². The fourth-order valence-corrected chi connectivity index (χ4v) is 2.11. The predicted octanol–water partition coefficient (Wildman–Crippen LogP) is -0.535. The Kier molecular flexibility index (Phi) is 4.43. The maximum atomic E-state index is 12.0. The van der Waals surface area contributed by atoms with Crippen molar-refractivity contribution < 1.29 is 45.0 Å². The summed E-state index contributed by atoms with van der Waals surface area (Å²) in [6.07, 6.45) is -3.68. The van der Waals surface area contributed by atoms with Crippen LogP contribution in [-0.4, -0.2) is 60.9 Å². The Morgan fingerprint density at radius 1 is 1.09 bits per heavy atom. The van der Waals surface area contributed by atoms with Crippen LogP contribution in [0.5, 0.6) is 17.2 Å². The number of benzene rings is 1. The van der Waals surface area contributed by atoms with Crippen LogP contribution in [0.3, 0.4) is 0 Å². The number of hydrogen-bond donors (Lipinski definition) is 6. The summed E-state index contributed by atoms with van der Waals surface area (Å²) >= 11 is 0. The summed E-state index contributed by atoms with van der Waals surface area (Å²) in [5.41, 5.74) is -0.563. The van der Waals surface area contributed by atoms with E-state index in [0.29, 0.717) is 0 Å². The topological polar surface area (TPSA) is 165 Å². The molecule has 0 radical (unpaired) electrons. The summed E-state index contributed by atoms with van der Waals surface area (Å²) in [6, 6.07) is 1.65. The molecule has 0 spiro atoms. The van der Waals surface area contributed by atoms with E-state index in [1.165, 1.54) is 0 Å². The van der Waals surface area contributed by atoms with Gasteiger partial charge in [0.1, 0.15) is 12.2 Å². The molecule has 0 bridgehead atoms. The van der Waals surface area contributed by atoms with Gasteiger partial charge in [-0.3, -0.25) is 0 Å². The van der Waals surface area contributed by atoms with Crippen molar-refractivity contribution in [3.8, 4) is 17.2 Å². The minimum atomic E-state index is -1.53. The van der Waals surface area contributed by atoms with Crippen molar-refractivity contribution in [2.45, 2.75) is 24.7 Å². The van der Waals surface area contributed by atoms with Crippen LogP contribution >= 0.6 is 0 Å². The maximum Gasteiger partial charge on any atom is 0.339 e. The Morgan fingerprint density at radius 3 is 2.17 bits per heavy atom. The Morgan fingerprint density at radius 2 is 1.65 bits per heavy atom. The van der Waals surface area contributed by atoms with E-state index >= 15 is 0 Å². The number of aliphatic hydroxyl groups is 2. The summed E-state index contributed by atoms with van der Waals surface area (Å²) in [5, 5.41) is 56.2. The third-order valence-corrected chi connectivity index (χ3v) is 3.35. The van der Waals surface area contributed by atoms with Gasteiger partial charge < -0.3 is 35.4 Å². The molecular weight excluding hydrogens is 312 g/mol. The minimum absolute atomic E-state index is 0.225. The standard InChI is InChI=1S/C14H14O9/c15-7-2-6(3-8(16)11(7)18)14(22)23-10-4-5(13(20)21)1-9(17)12(10)19/h2-4,9-10,12,15-19H,1H2,(H,20,21)/t9-,10-,12+/m0/s1. The zero-order valence-corrected chi connectivity index (χ0v) is 11.6. The van der Waals surface area contributed by atoms with Gasteiger partial charge in [-0.25, -0.2) is 9.59 Å². The molecule has 23 heavy (non-hydrogen) atoms. The summed E-state index contributed by atoms with van der Waals surface area (Å²) < 4.78 is 4.90. The highest BCUT2D eigenvalue weighted by molar-refractivity contribution is 5.91. The van der Waals surface area contributed by atoms with E-state index in [1.54, 1.807) is 0 Å². The molecule has 0 aliphatic heterocycles. The molecule has 1 aliphatic rings. The summed E-state index contributed by atoms with van der Waals surface area (Å²) in [7, 11) is 0. The SMILES string of the molecule is O=C(O)C1=C[C@H](OC(=O)c2cc(O)c(O)c(O)c2)[C@H](O)[C@@H](O)C1. The van der Waals surface area contributed by atoms with E-state index in [2.05, 4.69) is 0 Å². The van der Waals surface area contributed by atoms with Crippen molar-refractivity contribution in [2.24, 2.45) is 0 Å². The first-order valence-electron chi connectivity index (χ1n) is 6.46. The minimum Gasteiger partial charge on any atom is -0.504 e. The maximum absolute atomic E-state index is 12.0. The van der Waals surface area contributed by atoms with E-state index in [0.717, 1.165) is 18.2 Å². The zero-order valence-electron chi connectivity index (χ0n) is 11.6. The van der Waals surface area contributed by atoms with Crippen LogP contribution in [0.4, 0.5) is 0 Å². The van der Waals surface area contributed by atoms with Crippen molar-refractivity contribution in [2.75, 3.05) is 0 Å². The zero-order chi connectivity index (χ0) is 17.3. The molecule has 0 saturated heterocycles. The Bertz CT molecular complexity index is 656. The molecule has 0 saturated carbocycles. The van der Waals surface area contributed by atoms with Crippen molar-refractivity contribution >= 4 is 11.9 Å². The van der Waals surface area contributed by atoms with Gasteiger partial charge in [0.2, 0.25) is 0 Å². The molecule has 1 aromatic rings. The van der Waals surface area contributed by atoms with Crippen molar-refractivity contribution in [1.82, 2.24) is 0 Å². The quantitative estimate of drug-likeness (QED) is 0.316. The molecule has 9 heteroatoms. The fourth-order valence-electron chi connectivity index (χ4n) is 2.11. The lowest BCUT2D eigenvalue weighted by atomic mass is 9.92. The van der Waals surface area contributed by atoms with Crippen LogP contribution in [0.25, 0.3) is 0 Å². The van der Waals surface area contributed by atoms with Gasteiger partial charge >= 0.3 is 11.9 Å². The van der Waals surface area contributed by atoms with Crippen LogP contribution in [0, 0.1) is 0 Å². The summed E-state index contributed by atoms with van der Waals surface area (Å²) in [5.74, 6) is -4.76. The van der Waals surface area contributed by atoms with Crippen LogP contribution in [0.15, 0.2) is 23.8 Å². The molecule has 0 amide bonds. The number of hydrogen-bond acceptors (Lipinski definition) is 8. The molecule has 3 atom stereocenters. The van der Waals surface area contributed by atoms with E-state index < -0.39 is 47.5 Å². The van der Waals surface area contributed by atoms with Gasteiger partial charge in [-0.1, -0.05) is 0 Å². The molecule has 1 aliphatic carbocycles. The second-order valence-electron chi connectivity index (χ2n) is 4.99. The number of carboxylic acid groups (broad SMARTS) is 1. The molecule has 2 rings (SSSR count). The van der Waals surface area contributed by atoms with Crippen LogP contribution in [-0.2, 0) is 9.53 Å². The van der Waals surface area contributed by atoms with Gasteiger partial charge in [0.05, 0.1) is 11.7 Å². The second-order valence-corrected chi connectivity index (χ2v) is 4.99. The average molecular weight is 326 g/mol. The molecule has 124 valence electrons. The van der Waals surface area contributed by atoms with E-state index in [-0.39, 0.29) is 17.6 Å². The Labute approximate surface area is 129 Å². The van der Waals surface area contributed by atoms with Crippen molar-refractivity contribution in [3.05, 3.63) is 29.3 Å². The number of phenols is 3. The highest BCUT2D eigenvalue weighted by atomic mass is 16.6. The number of aliphatic hydroxyl groups excluding tert-OH is 2. The molecule has 0 unspecified atom stereocenters. The molecule has 1 aromatic carbocycles. The molecular formula is C14H14O9. The first-order chi connectivity index (χ1) is 10.7. The lowest BCUT2D eigenvalue weighted by Gasteiger charge is -2.29. The van der Waals surface area contributed by atoms with E-state index in [9.17, 15) is 35.1 Å². The lowest BCUT2D eigenvalue weighted by Crippen LogP contribution is -2.43. The smallest absolute Gasteiger partial charge is 0.339 e. The second kappa shape index (κ2) is 6.15. The van der Waals surface area contributed by atoms with Crippen LogP contribution in [0.1, 0.15) is 16.8 Å². The molecule has 0 heterocycles. The number of rotatable bonds is 3. The molecule has 0 fully saturated rings. The van der Waals surface area contributed by atoms with Gasteiger partial charge in [-0.15, -0.1) is 0 Å². The first kappa shape index (κ1) is 16.6. The van der Waals surface area contributed by atoms with Gasteiger partial charge in [0, 0.05) is 12.0 Å². The van der Waals surface area contributed by atoms with Crippen molar-refractivity contribution in [3.63, 3.8) is 0 Å². The van der Waals surface area contributed by atoms with Gasteiger partial charge in [0.25, 0.3) is 0 Å². The number of carbonyl (C=O) groups excluding carboxylic acids is 1. The largest absolute Gasteiger partial charge is 0.504 e. The third-order valence-electron chi connectivity index (χ3n) is 3.35. The van der Waals surface area contributed by atoms with Gasteiger partial charge in [-0.2, -0.15) is 0 Å². The average Bonchev–Trinajstić information content (AvgIpc) is 2.48. The fraction of sp³-hybridized carbons (Fsp3) is 0.286. The predicted molar refractivity (Wildman–Crippen MR) is 73.0 cm³/mol. The lowest BCUT2D eigenvalue weighted by molar-refractivity contribution is -0.134. The van der Waals surface area contributed by atoms with E-state index in [1.807, 2.05) is 0 Å². The first-order valence-corrected chi connectivity index (χ1v) is 6.46. The molecule has 6 N–H and O–H groups in total.